The summed E-state index contributed by atoms with van der Waals surface area (Å²) in [4.78, 5) is 48.9. The molecule has 39 heavy (non-hydrogen) atoms. The Hall–Kier alpha value is -4.20. The van der Waals surface area contributed by atoms with E-state index in [1.54, 1.807) is 17.2 Å². The van der Waals surface area contributed by atoms with E-state index in [1.165, 1.54) is 4.90 Å². The molecule has 2 aliphatic rings. The number of likely N-dealkylation sites (tertiary alicyclic amines) is 2. The zero-order valence-corrected chi connectivity index (χ0v) is 22.5. The molecule has 5 rings (SSSR count). The first-order valence-electron chi connectivity index (χ1n) is 13.3. The molecule has 3 aromatic rings. The quantitative estimate of drug-likeness (QED) is 0.500. The van der Waals surface area contributed by atoms with Gasteiger partial charge in [-0.3, -0.25) is 19.5 Å². The van der Waals surface area contributed by atoms with E-state index in [2.05, 4.69) is 4.98 Å². The molecular weight excluding hydrogens is 492 g/mol. The van der Waals surface area contributed by atoms with Crippen LogP contribution in [0.2, 0.25) is 0 Å². The Morgan fingerprint density at radius 3 is 2.05 bits per heavy atom. The highest BCUT2D eigenvalue weighted by atomic mass is 16.4. The molecule has 2 saturated heterocycles. The van der Waals surface area contributed by atoms with Crippen molar-refractivity contribution in [2.75, 3.05) is 13.1 Å². The van der Waals surface area contributed by atoms with E-state index in [9.17, 15) is 19.5 Å². The van der Waals surface area contributed by atoms with Gasteiger partial charge in [0.05, 0.1) is 12.1 Å². The number of aromatic nitrogens is 1. The number of fused-ring (bicyclic) bond motifs is 2. The van der Waals surface area contributed by atoms with Crippen molar-refractivity contribution in [2.24, 2.45) is 5.41 Å². The van der Waals surface area contributed by atoms with Crippen LogP contribution >= 0.6 is 0 Å². The first-order chi connectivity index (χ1) is 18.6. The Kier molecular flexibility index (Phi) is 7.12. The minimum atomic E-state index is -1.13. The lowest BCUT2D eigenvalue weighted by Crippen LogP contribution is -2.60. The minimum Gasteiger partial charge on any atom is -0.465 e. The smallest absolute Gasteiger partial charge is 0.408 e. The molecule has 3 amide bonds. The van der Waals surface area contributed by atoms with Gasteiger partial charge in [-0.05, 0) is 29.0 Å². The van der Waals surface area contributed by atoms with Crippen molar-refractivity contribution in [2.45, 2.75) is 51.9 Å². The van der Waals surface area contributed by atoms with Crippen LogP contribution in [0.5, 0.6) is 0 Å². The van der Waals surface area contributed by atoms with Gasteiger partial charge >= 0.3 is 6.09 Å². The number of hydrogen-bond donors (Lipinski definition) is 1. The maximum atomic E-state index is 13.9. The molecule has 202 valence electrons. The summed E-state index contributed by atoms with van der Waals surface area (Å²) in [5.74, 6) is -0.344. The zero-order chi connectivity index (χ0) is 27.7. The molecule has 0 saturated carbocycles. The molecule has 2 aliphatic heterocycles. The fraction of sp³-hybridized carbons (Fsp3) is 0.355. The molecule has 3 atom stereocenters. The van der Waals surface area contributed by atoms with Crippen molar-refractivity contribution in [3.05, 3.63) is 90.3 Å². The van der Waals surface area contributed by atoms with Crippen molar-refractivity contribution in [3.8, 4) is 11.1 Å². The summed E-state index contributed by atoms with van der Waals surface area (Å²) in [5, 5.41) is 10.1. The van der Waals surface area contributed by atoms with Crippen molar-refractivity contribution in [1.29, 1.82) is 0 Å². The summed E-state index contributed by atoms with van der Waals surface area (Å²) in [5.41, 5.74) is 2.57. The molecule has 2 aromatic carbocycles. The Labute approximate surface area is 228 Å². The molecule has 0 radical (unpaired) electrons. The predicted molar refractivity (Wildman–Crippen MR) is 148 cm³/mol. The molecule has 0 spiro atoms. The van der Waals surface area contributed by atoms with Gasteiger partial charge in [0.1, 0.15) is 11.7 Å². The number of rotatable bonds is 6. The third-order valence-electron chi connectivity index (χ3n) is 7.68. The maximum absolute atomic E-state index is 13.9. The molecule has 2 bridgehead atoms. The van der Waals surface area contributed by atoms with Gasteiger partial charge in [0.2, 0.25) is 5.91 Å². The number of carbonyl (C=O) groups is 3. The Morgan fingerprint density at radius 1 is 0.897 bits per heavy atom. The summed E-state index contributed by atoms with van der Waals surface area (Å²) in [7, 11) is 0. The molecule has 1 aromatic heterocycles. The standard InChI is InChI=1S/C31H34N4O4/c1-31(2,3)27(35(30(38)39)18-21-10-6-4-7-11-21)29(37)34-20-24-16-25(34)19-33(24)28(36)26-15-14-23(17-32-26)22-12-8-5-9-13-22/h4-15,17,24-25,27H,16,18-20H2,1-3H3,(H,38,39)/t24-,25-,27+/m0/s1. The van der Waals surface area contributed by atoms with E-state index < -0.39 is 17.6 Å². The molecule has 3 heterocycles. The van der Waals surface area contributed by atoms with Gasteiger partial charge in [-0.2, -0.15) is 0 Å². The van der Waals surface area contributed by atoms with Crippen molar-refractivity contribution in [1.82, 2.24) is 19.7 Å². The second-order valence-corrected chi connectivity index (χ2v) is 11.5. The van der Waals surface area contributed by atoms with Gasteiger partial charge in [0.15, 0.2) is 0 Å². The molecule has 1 N–H and O–H groups in total. The van der Waals surface area contributed by atoms with Gasteiger partial charge in [0, 0.05) is 31.4 Å². The predicted octanol–water partition coefficient (Wildman–Crippen LogP) is 4.77. The largest absolute Gasteiger partial charge is 0.465 e. The van der Waals surface area contributed by atoms with E-state index >= 15 is 0 Å². The number of benzene rings is 2. The monoisotopic (exact) mass is 526 g/mol. The van der Waals surface area contributed by atoms with E-state index in [0.29, 0.717) is 25.2 Å². The molecule has 8 heteroatoms. The fourth-order valence-corrected chi connectivity index (χ4v) is 5.83. The SMILES string of the molecule is CC(C)(C)[C@@H](C(=O)N1C[C@@H]2C[C@H]1CN2C(=O)c1ccc(-c2ccccc2)cn1)N(Cc1ccccc1)C(=O)O. The van der Waals surface area contributed by atoms with Crippen LogP contribution < -0.4 is 0 Å². The zero-order valence-electron chi connectivity index (χ0n) is 22.5. The molecule has 0 aliphatic carbocycles. The lowest BCUT2D eigenvalue weighted by Gasteiger charge is -2.42. The van der Waals surface area contributed by atoms with Crippen molar-refractivity contribution >= 4 is 17.9 Å². The van der Waals surface area contributed by atoms with E-state index in [0.717, 1.165) is 16.7 Å². The number of carbonyl (C=O) groups excluding carboxylic acids is 2. The summed E-state index contributed by atoms with van der Waals surface area (Å²) in [6, 6.07) is 21.7. The fourth-order valence-electron chi connectivity index (χ4n) is 5.83. The van der Waals surface area contributed by atoms with Crippen LogP contribution in [0.4, 0.5) is 4.79 Å². The van der Waals surface area contributed by atoms with Crippen LogP contribution in [0.1, 0.15) is 43.2 Å². The average molecular weight is 527 g/mol. The van der Waals surface area contributed by atoms with E-state index in [1.807, 2.05) is 92.4 Å². The Bertz CT molecular complexity index is 1340. The normalized spacial score (nSPS) is 19.2. The third kappa shape index (κ3) is 5.37. The van der Waals surface area contributed by atoms with Gasteiger partial charge < -0.3 is 14.9 Å². The Balaban J connectivity index is 1.30. The van der Waals surface area contributed by atoms with Gasteiger partial charge in [-0.1, -0.05) is 87.5 Å². The second-order valence-electron chi connectivity index (χ2n) is 11.5. The summed E-state index contributed by atoms with van der Waals surface area (Å²) < 4.78 is 0. The Morgan fingerprint density at radius 2 is 1.51 bits per heavy atom. The average Bonchev–Trinajstić information content (AvgIpc) is 3.54. The van der Waals surface area contributed by atoms with Gasteiger partial charge in [-0.15, -0.1) is 0 Å². The van der Waals surface area contributed by atoms with Crippen LogP contribution in [0.3, 0.4) is 0 Å². The molecule has 0 unspecified atom stereocenters. The van der Waals surface area contributed by atoms with Gasteiger partial charge in [0.25, 0.3) is 5.91 Å². The van der Waals surface area contributed by atoms with Crippen LogP contribution in [0.25, 0.3) is 11.1 Å². The second kappa shape index (κ2) is 10.5. The first-order valence-corrected chi connectivity index (χ1v) is 13.3. The van der Waals surface area contributed by atoms with Crippen LogP contribution in [-0.4, -0.2) is 73.9 Å². The third-order valence-corrected chi connectivity index (χ3v) is 7.68. The number of pyridine rings is 1. The highest BCUT2D eigenvalue weighted by Gasteiger charge is 2.51. The molecule has 8 nitrogen and oxygen atoms in total. The van der Waals surface area contributed by atoms with Crippen molar-refractivity contribution < 1.29 is 19.5 Å². The van der Waals surface area contributed by atoms with Crippen molar-refractivity contribution in [3.63, 3.8) is 0 Å². The number of piperazine rings is 1. The first kappa shape index (κ1) is 26.4. The lowest BCUT2D eigenvalue weighted by atomic mass is 9.84. The molecule has 2 fully saturated rings. The number of nitrogens with zero attached hydrogens (tertiary/aromatic N) is 4. The number of amides is 3. The van der Waals surface area contributed by atoms with E-state index in [4.69, 9.17) is 0 Å². The van der Waals surface area contributed by atoms with Crippen LogP contribution in [0.15, 0.2) is 79.0 Å². The summed E-state index contributed by atoms with van der Waals surface area (Å²) >= 11 is 0. The highest BCUT2D eigenvalue weighted by Crippen LogP contribution is 2.36. The number of carboxylic acid groups (broad SMARTS) is 1. The van der Waals surface area contributed by atoms with Gasteiger partial charge in [-0.25, -0.2) is 4.79 Å². The topological polar surface area (TPSA) is 94.1 Å². The summed E-state index contributed by atoms with van der Waals surface area (Å²) in [6.45, 7) is 6.62. The van der Waals surface area contributed by atoms with Crippen LogP contribution in [-0.2, 0) is 11.3 Å². The lowest BCUT2D eigenvalue weighted by molar-refractivity contribution is -0.142. The van der Waals surface area contributed by atoms with E-state index in [-0.39, 0.29) is 30.4 Å². The summed E-state index contributed by atoms with van der Waals surface area (Å²) in [6.07, 6.45) is 1.27. The van der Waals surface area contributed by atoms with Crippen LogP contribution in [0, 0.1) is 5.41 Å². The number of hydrogen-bond acceptors (Lipinski definition) is 4. The highest BCUT2D eigenvalue weighted by molar-refractivity contribution is 5.94. The minimum absolute atomic E-state index is 0.116. The maximum Gasteiger partial charge on any atom is 0.408 e. The molecular formula is C31H34N4O4.